The number of nitrogens with zero attached hydrogens (tertiary/aromatic N) is 3. The van der Waals surface area contributed by atoms with Crippen molar-refractivity contribution in [1.29, 1.82) is 0 Å². The van der Waals surface area contributed by atoms with Crippen LogP contribution in [0.25, 0.3) is 0 Å². The Morgan fingerprint density at radius 2 is 1.88 bits per heavy atom. The highest BCUT2D eigenvalue weighted by atomic mass is 32.2. The third kappa shape index (κ3) is 6.13. The highest BCUT2D eigenvalue weighted by Gasteiger charge is 2.15. The second kappa shape index (κ2) is 11.2. The van der Waals surface area contributed by atoms with Crippen LogP contribution in [0.4, 0.5) is 5.69 Å². The van der Waals surface area contributed by atoms with Crippen molar-refractivity contribution in [2.75, 3.05) is 11.1 Å². The molecule has 0 fully saturated rings. The minimum Gasteiger partial charge on any atom is -0.485 e. The number of aromatic nitrogens is 3. The van der Waals surface area contributed by atoms with Gasteiger partial charge in [-0.05, 0) is 61.1 Å². The molecular weight excluding hydrogens is 420 g/mol. The van der Waals surface area contributed by atoms with E-state index in [9.17, 15) is 4.79 Å². The smallest absolute Gasteiger partial charge is 0.234 e. The van der Waals surface area contributed by atoms with E-state index in [1.807, 2.05) is 35.8 Å². The molecular formula is C25H32N4O2S. The first-order valence-corrected chi connectivity index (χ1v) is 12.1. The largest absolute Gasteiger partial charge is 0.485 e. The summed E-state index contributed by atoms with van der Waals surface area (Å²) in [4.78, 5) is 12.4. The van der Waals surface area contributed by atoms with Gasteiger partial charge in [0.05, 0.1) is 5.75 Å². The van der Waals surface area contributed by atoms with Crippen LogP contribution in [-0.4, -0.2) is 26.4 Å². The van der Waals surface area contributed by atoms with Crippen LogP contribution in [0, 0.1) is 6.92 Å². The number of carbonyl (C=O) groups excluding carboxylic acids is 1. The summed E-state index contributed by atoms with van der Waals surface area (Å²) in [6.07, 6.45) is 0.978. The average Bonchev–Trinajstić information content (AvgIpc) is 3.18. The first-order valence-electron chi connectivity index (χ1n) is 11.1. The van der Waals surface area contributed by atoms with E-state index in [1.54, 1.807) is 0 Å². The van der Waals surface area contributed by atoms with Crippen molar-refractivity contribution >= 4 is 23.4 Å². The van der Waals surface area contributed by atoms with Crippen LogP contribution in [0.5, 0.6) is 5.75 Å². The molecule has 0 unspecified atom stereocenters. The number of hydrogen-bond acceptors (Lipinski definition) is 5. The van der Waals surface area contributed by atoms with Crippen molar-refractivity contribution in [3.05, 3.63) is 65.0 Å². The van der Waals surface area contributed by atoms with Gasteiger partial charge >= 0.3 is 0 Å². The number of anilines is 1. The van der Waals surface area contributed by atoms with E-state index < -0.39 is 0 Å². The van der Waals surface area contributed by atoms with Gasteiger partial charge in [0.25, 0.3) is 0 Å². The van der Waals surface area contributed by atoms with Crippen LogP contribution < -0.4 is 10.1 Å². The molecule has 32 heavy (non-hydrogen) atoms. The molecule has 1 heterocycles. The zero-order valence-corrected chi connectivity index (χ0v) is 20.3. The lowest BCUT2D eigenvalue weighted by molar-refractivity contribution is -0.113. The SMILES string of the molecule is CCc1ccc(NC(=O)CSc2nnc(COc3cc(C)ccc3C(C)C)n2CC)cc1. The zero-order valence-electron chi connectivity index (χ0n) is 19.5. The number of amides is 1. The zero-order chi connectivity index (χ0) is 23.1. The van der Waals surface area contributed by atoms with E-state index in [0.29, 0.717) is 19.1 Å². The minimum absolute atomic E-state index is 0.0657. The highest BCUT2D eigenvalue weighted by molar-refractivity contribution is 7.99. The third-order valence-corrected chi connectivity index (χ3v) is 6.20. The number of benzene rings is 2. The molecule has 0 saturated heterocycles. The predicted molar refractivity (Wildman–Crippen MR) is 130 cm³/mol. The van der Waals surface area contributed by atoms with Crippen molar-refractivity contribution in [2.45, 2.75) is 65.3 Å². The Morgan fingerprint density at radius 1 is 1.12 bits per heavy atom. The van der Waals surface area contributed by atoms with Crippen molar-refractivity contribution in [2.24, 2.45) is 0 Å². The van der Waals surface area contributed by atoms with Crippen molar-refractivity contribution in [1.82, 2.24) is 14.8 Å². The fraction of sp³-hybridized carbons (Fsp3) is 0.400. The number of carbonyl (C=O) groups is 1. The van der Waals surface area contributed by atoms with Crippen molar-refractivity contribution in [3.8, 4) is 5.75 Å². The Bertz CT molecular complexity index is 1040. The summed E-state index contributed by atoms with van der Waals surface area (Å²) in [5.74, 6) is 2.21. The monoisotopic (exact) mass is 452 g/mol. The summed E-state index contributed by atoms with van der Waals surface area (Å²) >= 11 is 1.38. The van der Waals surface area contributed by atoms with Gasteiger partial charge in [-0.2, -0.15) is 0 Å². The molecule has 0 atom stereocenters. The molecule has 0 aliphatic rings. The number of thioether (sulfide) groups is 1. The average molecular weight is 453 g/mol. The van der Waals surface area contributed by atoms with E-state index in [0.717, 1.165) is 34.4 Å². The standard InChI is InChI=1S/C25H32N4O2S/c1-6-19-9-11-20(12-10-19)26-24(30)16-32-25-28-27-23(29(25)7-2)15-31-22-14-18(5)8-13-21(22)17(3)4/h8-14,17H,6-7,15-16H2,1-5H3,(H,26,30). The molecule has 0 bridgehead atoms. The fourth-order valence-electron chi connectivity index (χ4n) is 3.39. The molecule has 0 radical (unpaired) electrons. The van der Waals surface area contributed by atoms with Gasteiger partial charge in [0.2, 0.25) is 5.91 Å². The van der Waals surface area contributed by atoms with Crippen LogP contribution in [-0.2, 0) is 24.4 Å². The first-order chi connectivity index (χ1) is 15.4. The summed E-state index contributed by atoms with van der Waals surface area (Å²) in [5.41, 5.74) is 4.39. The van der Waals surface area contributed by atoms with Crippen molar-refractivity contribution < 1.29 is 9.53 Å². The molecule has 1 aromatic heterocycles. The van der Waals surface area contributed by atoms with E-state index in [1.165, 1.54) is 22.9 Å². The Kier molecular flexibility index (Phi) is 8.33. The molecule has 2 aromatic carbocycles. The topological polar surface area (TPSA) is 69.0 Å². The summed E-state index contributed by atoms with van der Waals surface area (Å²) in [5, 5.41) is 12.3. The molecule has 1 amide bonds. The second-order valence-corrected chi connectivity index (χ2v) is 8.96. The lowest BCUT2D eigenvalue weighted by atomic mass is 10.0. The highest BCUT2D eigenvalue weighted by Crippen LogP contribution is 2.28. The van der Waals surface area contributed by atoms with E-state index >= 15 is 0 Å². The molecule has 3 aromatic rings. The Balaban J connectivity index is 1.61. The molecule has 0 saturated carbocycles. The summed E-state index contributed by atoms with van der Waals surface area (Å²) in [7, 11) is 0. The maximum absolute atomic E-state index is 12.4. The molecule has 7 heteroatoms. The lowest BCUT2D eigenvalue weighted by Gasteiger charge is -2.15. The molecule has 6 nitrogen and oxygen atoms in total. The normalized spacial score (nSPS) is 11.1. The van der Waals surface area contributed by atoms with Gasteiger partial charge in [0.15, 0.2) is 11.0 Å². The Morgan fingerprint density at radius 3 is 2.53 bits per heavy atom. The molecule has 3 rings (SSSR count). The van der Waals surface area contributed by atoms with Crippen LogP contribution in [0.3, 0.4) is 0 Å². The van der Waals surface area contributed by atoms with E-state index in [4.69, 9.17) is 4.74 Å². The Labute approximate surface area is 194 Å². The number of hydrogen-bond donors (Lipinski definition) is 1. The fourth-order valence-corrected chi connectivity index (χ4v) is 4.21. The first kappa shape index (κ1) is 23.9. The molecule has 170 valence electrons. The summed E-state index contributed by atoms with van der Waals surface area (Å²) < 4.78 is 8.13. The number of rotatable bonds is 10. The van der Waals surface area contributed by atoms with Crippen molar-refractivity contribution in [3.63, 3.8) is 0 Å². The molecule has 0 aliphatic carbocycles. The third-order valence-electron chi connectivity index (χ3n) is 5.24. The predicted octanol–water partition coefficient (Wildman–Crippen LogP) is 5.60. The number of nitrogens with one attached hydrogen (secondary N) is 1. The van der Waals surface area contributed by atoms with Gasteiger partial charge < -0.3 is 14.6 Å². The van der Waals surface area contributed by atoms with Crippen LogP contribution in [0.1, 0.15) is 56.1 Å². The van der Waals surface area contributed by atoms with Crippen LogP contribution in [0.2, 0.25) is 0 Å². The summed E-state index contributed by atoms with van der Waals surface area (Å²) in [6, 6.07) is 14.2. The quantitative estimate of drug-likeness (QED) is 0.405. The molecule has 0 spiro atoms. The van der Waals surface area contributed by atoms with Gasteiger partial charge in [0.1, 0.15) is 12.4 Å². The number of ether oxygens (including phenoxy) is 1. The molecule has 1 N–H and O–H groups in total. The van der Waals surface area contributed by atoms with Gasteiger partial charge in [0, 0.05) is 12.2 Å². The lowest BCUT2D eigenvalue weighted by Crippen LogP contribution is -2.15. The van der Waals surface area contributed by atoms with Gasteiger partial charge in [-0.25, -0.2) is 0 Å². The maximum atomic E-state index is 12.4. The maximum Gasteiger partial charge on any atom is 0.234 e. The Hall–Kier alpha value is -2.80. The minimum atomic E-state index is -0.0657. The van der Waals surface area contributed by atoms with Crippen LogP contribution in [0.15, 0.2) is 47.6 Å². The van der Waals surface area contributed by atoms with E-state index in [-0.39, 0.29) is 11.7 Å². The molecule has 0 aliphatic heterocycles. The van der Waals surface area contributed by atoms with E-state index in [2.05, 4.69) is 61.4 Å². The van der Waals surface area contributed by atoms with Gasteiger partial charge in [-0.15, -0.1) is 10.2 Å². The number of aryl methyl sites for hydroxylation is 2. The van der Waals surface area contributed by atoms with Crippen LogP contribution >= 0.6 is 11.8 Å². The second-order valence-electron chi connectivity index (χ2n) is 8.02. The van der Waals surface area contributed by atoms with Gasteiger partial charge in [-0.3, -0.25) is 4.79 Å². The van der Waals surface area contributed by atoms with Gasteiger partial charge in [-0.1, -0.05) is 56.8 Å². The summed E-state index contributed by atoms with van der Waals surface area (Å²) in [6.45, 7) is 11.6.